The molecule has 0 radical (unpaired) electrons. The molecule has 1 aromatic carbocycles. The fourth-order valence-corrected chi connectivity index (χ4v) is 4.29. The van der Waals surface area contributed by atoms with Gasteiger partial charge in [0.05, 0.1) is 23.4 Å². The van der Waals surface area contributed by atoms with E-state index in [9.17, 15) is 4.79 Å². The van der Waals surface area contributed by atoms with Gasteiger partial charge in [0, 0.05) is 56.5 Å². The van der Waals surface area contributed by atoms with Crippen LogP contribution in [0.5, 0.6) is 0 Å². The number of imidazole rings is 1. The number of hydrogen-bond donors (Lipinski definition) is 1. The minimum Gasteiger partial charge on any atom is -0.332 e. The number of nitrogens with zero attached hydrogens (tertiary/aromatic N) is 5. The molecule has 1 fully saturated rings. The summed E-state index contributed by atoms with van der Waals surface area (Å²) in [5.74, 6) is 0.975. The number of benzene rings is 1. The highest BCUT2D eigenvalue weighted by molar-refractivity contribution is 5.78. The van der Waals surface area contributed by atoms with Crippen molar-refractivity contribution in [1.29, 1.82) is 0 Å². The summed E-state index contributed by atoms with van der Waals surface area (Å²) >= 11 is 0. The Hall–Kier alpha value is -2.80. The number of carbonyl (C=O) groups is 1. The van der Waals surface area contributed by atoms with Gasteiger partial charge in [0.25, 0.3) is 0 Å². The van der Waals surface area contributed by atoms with Crippen LogP contribution in [0.2, 0.25) is 0 Å². The second kappa shape index (κ2) is 7.31. The Balaban J connectivity index is 1.30. The molecule has 144 valence electrons. The summed E-state index contributed by atoms with van der Waals surface area (Å²) in [5, 5.41) is 3.35. The third-order valence-corrected chi connectivity index (χ3v) is 5.79. The first-order valence-corrected chi connectivity index (χ1v) is 10.0. The Morgan fingerprint density at radius 1 is 1.25 bits per heavy atom. The maximum absolute atomic E-state index is 13.0. The molecule has 0 bridgehead atoms. The van der Waals surface area contributed by atoms with Crippen LogP contribution in [0.1, 0.15) is 42.4 Å². The van der Waals surface area contributed by atoms with E-state index in [2.05, 4.69) is 19.9 Å². The predicted octanol–water partition coefficient (Wildman–Crippen LogP) is 2.23. The van der Waals surface area contributed by atoms with Gasteiger partial charge in [-0.2, -0.15) is 0 Å². The third-order valence-electron chi connectivity index (χ3n) is 5.79. The number of amides is 1. The van der Waals surface area contributed by atoms with Gasteiger partial charge in [0.15, 0.2) is 5.82 Å². The lowest BCUT2D eigenvalue weighted by atomic mass is 10.1. The molecule has 2 aliphatic rings. The van der Waals surface area contributed by atoms with Crippen molar-refractivity contribution in [3.63, 3.8) is 0 Å². The molecule has 3 aromatic rings. The molecule has 1 saturated heterocycles. The van der Waals surface area contributed by atoms with Crippen molar-refractivity contribution in [3.8, 4) is 0 Å². The van der Waals surface area contributed by atoms with Gasteiger partial charge in [-0.3, -0.25) is 4.79 Å². The first-order chi connectivity index (χ1) is 13.8. The van der Waals surface area contributed by atoms with Gasteiger partial charge in [-0.05, 0) is 25.0 Å². The van der Waals surface area contributed by atoms with Gasteiger partial charge in [-0.25, -0.2) is 15.0 Å². The predicted molar refractivity (Wildman–Crippen MR) is 105 cm³/mol. The fraction of sp³-hybridized carbons (Fsp3) is 0.429. The lowest BCUT2D eigenvalue weighted by Crippen LogP contribution is -2.33. The Labute approximate surface area is 163 Å². The average molecular weight is 376 g/mol. The number of likely N-dealkylation sites (tertiary alicyclic amines) is 1. The summed E-state index contributed by atoms with van der Waals surface area (Å²) in [4.78, 5) is 28.8. The Morgan fingerprint density at radius 2 is 2.18 bits per heavy atom. The molecule has 28 heavy (non-hydrogen) atoms. The van der Waals surface area contributed by atoms with Crippen LogP contribution in [0.4, 0.5) is 0 Å². The number of fused-ring (bicyclic) bond motifs is 2. The highest BCUT2D eigenvalue weighted by atomic mass is 16.2. The van der Waals surface area contributed by atoms with Crippen LogP contribution in [-0.2, 0) is 24.3 Å². The number of hydrogen-bond acceptors (Lipinski definition) is 5. The molecular formula is C21H24N6O. The van der Waals surface area contributed by atoms with E-state index >= 15 is 0 Å². The van der Waals surface area contributed by atoms with Crippen LogP contribution in [-0.4, -0.2) is 43.4 Å². The van der Waals surface area contributed by atoms with Gasteiger partial charge in [-0.15, -0.1) is 0 Å². The molecular weight excluding hydrogens is 352 g/mol. The summed E-state index contributed by atoms with van der Waals surface area (Å²) in [6, 6.07) is 8.03. The normalized spacial score (nSPS) is 19.1. The topological polar surface area (TPSA) is 75.9 Å². The van der Waals surface area contributed by atoms with Crippen LogP contribution in [0.15, 0.2) is 36.8 Å². The van der Waals surface area contributed by atoms with E-state index in [1.54, 1.807) is 0 Å². The molecule has 2 aromatic heterocycles. The standard InChI is InChI=1S/C21H24N6O/c28-20(8-11-26-14-24-17-4-1-2-5-18(17)26)27-10-3-6-19(27)21-23-13-15-12-22-9-7-16(15)25-21/h1-2,4-5,13-14,19,22H,3,6-12H2/t19-/m1/s1. The Bertz CT molecular complexity index is 1010. The quantitative estimate of drug-likeness (QED) is 0.756. The van der Waals surface area contributed by atoms with Crippen molar-refractivity contribution in [3.05, 3.63) is 53.9 Å². The van der Waals surface area contributed by atoms with Crippen molar-refractivity contribution in [2.45, 2.75) is 44.8 Å². The summed E-state index contributed by atoms with van der Waals surface area (Å²) in [6.07, 6.45) is 7.09. The van der Waals surface area contributed by atoms with Crippen molar-refractivity contribution in [2.75, 3.05) is 13.1 Å². The second-order valence-electron chi connectivity index (χ2n) is 7.55. The minimum atomic E-state index is 0.00668. The van der Waals surface area contributed by atoms with E-state index in [1.165, 1.54) is 5.56 Å². The zero-order chi connectivity index (χ0) is 18.9. The Kier molecular flexibility index (Phi) is 4.52. The molecule has 0 aliphatic carbocycles. The largest absolute Gasteiger partial charge is 0.332 e. The van der Waals surface area contributed by atoms with Crippen molar-refractivity contribution >= 4 is 16.9 Å². The molecule has 7 heteroatoms. The van der Waals surface area contributed by atoms with Crippen LogP contribution in [0.25, 0.3) is 11.0 Å². The number of aryl methyl sites for hydroxylation is 1. The summed E-state index contributed by atoms with van der Waals surface area (Å²) in [7, 11) is 0. The molecule has 1 amide bonds. The monoisotopic (exact) mass is 376 g/mol. The highest BCUT2D eigenvalue weighted by Gasteiger charge is 2.32. The fourth-order valence-electron chi connectivity index (χ4n) is 4.29. The van der Waals surface area contributed by atoms with Crippen LogP contribution in [0.3, 0.4) is 0 Å². The van der Waals surface area contributed by atoms with Crippen molar-refractivity contribution < 1.29 is 4.79 Å². The number of aromatic nitrogens is 4. The zero-order valence-corrected chi connectivity index (χ0v) is 15.8. The molecule has 0 spiro atoms. The van der Waals surface area contributed by atoms with Gasteiger partial charge in [-0.1, -0.05) is 12.1 Å². The van der Waals surface area contributed by atoms with Gasteiger partial charge in [0.2, 0.25) is 5.91 Å². The van der Waals surface area contributed by atoms with Crippen LogP contribution >= 0.6 is 0 Å². The molecule has 1 N–H and O–H groups in total. The van der Waals surface area contributed by atoms with E-state index in [0.717, 1.165) is 61.4 Å². The number of rotatable bonds is 4. The van der Waals surface area contributed by atoms with E-state index in [1.807, 2.05) is 41.7 Å². The maximum atomic E-state index is 13.0. The van der Waals surface area contributed by atoms with E-state index in [-0.39, 0.29) is 11.9 Å². The average Bonchev–Trinajstić information content (AvgIpc) is 3.39. The number of nitrogens with one attached hydrogen (secondary N) is 1. The van der Waals surface area contributed by atoms with Crippen molar-refractivity contribution in [2.24, 2.45) is 0 Å². The molecule has 1 atom stereocenters. The van der Waals surface area contributed by atoms with Gasteiger partial charge in [0.1, 0.15) is 0 Å². The number of para-hydroxylation sites is 2. The summed E-state index contributed by atoms with van der Waals surface area (Å²) in [5.41, 5.74) is 4.34. The lowest BCUT2D eigenvalue weighted by Gasteiger charge is -2.25. The van der Waals surface area contributed by atoms with Crippen molar-refractivity contribution in [1.82, 2.24) is 29.7 Å². The zero-order valence-electron chi connectivity index (χ0n) is 15.8. The summed E-state index contributed by atoms with van der Waals surface area (Å²) in [6.45, 7) is 3.22. The van der Waals surface area contributed by atoms with E-state index < -0.39 is 0 Å². The Morgan fingerprint density at radius 3 is 3.14 bits per heavy atom. The number of carbonyl (C=O) groups excluding carboxylic acids is 1. The lowest BCUT2D eigenvalue weighted by molar-refractivity contribution is -0.132. The molecule has 4 heterocycles. The van der Waals surface area contributed by atoms with E-state index in [0.29, 0.717) is 13.0 Å². The van der Waals surface area contributed by atoms with Crippen LogP contribution in [0, 0.1) is 0 Å². The summed E-state index contributed by atoms with van der Waals surface area (Å²) < 4.78 is 2.06. The van der Waals surface area contributed by atoms with Gasteiger partial charge < -0.3 is 14.8 Å². The molecule has 0 unspecified atom stereocenters. The molecule has 5 rings (SSSR count). The third kappa shape index (κ3) is 3.16. The second-order valence-corrected chi connectivity index (χ2v) is 7.55. The first kappa shape index (κ1) is 17.3. The maximum Gasteiger partial charge on any atom is 0.224 e. The molecule has 2 aliphatic heterocycles. The SMILES string of the molecule is O=C(CCn1cnc2ccccc21)N1CCC[C@@H]1c1ncc2c(n1)CCNC2. The van der Waals surface area contributed by atoms with E-state index in [4.69, 9.17) is 4.98 Å². The minimum absolute atomic E-state index is 0.00668. The molecule has 7 nitrogen and oxygen atoms in total. The van der Waals surface area contributed by atoms with Crippen LogP contribution < -0.4 is 5.32 Å². The molecule has 0 saturated carbocycles. The first-order valence-electron chi connectivity index (χ1n) is 10.0. The van der Waals surface area contributed by atoms with Gasteiger partial charge >= 0.3 is 0 Å². The highest BCUT2D eigenvalue weighted by Crippen LogP contribution is 2.31. The smallest absolute Gasteiger partial charge is 0.224 e.